The van der Waals surface area contributed by atoms with Crippen molar-refractivity contribution >= 4 is 11.6 Å². The van der Waals surface area contributed by atoms with Crippen molar-refractivity contribution in [2.75, 3.05) is 11.9 Å². The summed E-state index contributed by atoms with van der Waals surface area (Å²) in [5.74, 6) is 0.182. The summed E-state index contributed by atoms with van der Waals surface area (Å²) in [6, 6.07) is 6.83. The van der Waals surface area contributed by atoms with Crippen LogP contribution in [0.5, 0.6) is 0 Å². The van der Waals surface area contributed by atoms with Gasteiger partial charge in [-0.15, -0.1) is 0 Å². The number of carbonyl (C=O) groups is 1. The number of hydrogen-bond donors (Lipinski definition) is 1. The fourth-order valence-corrected chi connectivity index (χ4v) is 3.16. The molecule has 1 amide bonds. The number of benzene rings is 1. The number of carbonyl (C=O) groups excluding carboxylic acids is 1. The highest BCUT2D eigenvalue weighted by Crippen LogP contribution is 2.30. The van der Waals surface area contributed by atoms with E-state index in [9.17, 15) is 4.79 Å². The van der Waals surface area contributed by atoms with Gasteiger partial charge in [0.05, 0.1) is 5.56 Å². The van der Waals surface area contributed by atoms with E-state index in [0.29, 0.717) is 12.1 Å². The van der Waals surface area contributed by atoms with E-state index in [1.807, 2.05) is 19.1 Å². The Bertz CT molecular complexity index is 484. The van der Waals surface area contributed by atoms with E-state index in [1.54, 1.807) is 0 Å². The molecular formula is C17H26N2O. The number of rotatable bonds is 4. The van der Waals surface area contributed by atoms with Gasteiger partial charge in [-0.1, -0.05) is 18.6 Å². The summed E-state index contributed by atoms with van der Waals surface area (Å²) in [5, 5.41) is 3.31. The Morgan fingerprint density at radius 2 is 2.10 bits per heavy atom. The minimum Gasteiger partial charge on any atom is -0.385 e. The maximum Gasteiger partial charge on any atom is 0.256 e. The van der Waals surface area contributed by atoms with Gasteiger partial charge >= 0.3 is 0 Å². The van der Waals surface area contributed by atoms with Crippen LogP contribution in [0.3, 0.4) is 0 Å². The second-order valence-electron chi connectivity index (χ2n) is 5.78. The van der Waals surface area contributed by atoms with Crippen molar-refractivity contribution in [2.45, 2.75) is 59.0 Å². The molecule has 0 radical (unpaired) electrons. The molecule has 1 fully saturated rings. The highest BCUT2D eigenvalue weighted by molar-refractivity contribution is 6.00. The quantitative estimate of drug-likeness (QED) is 0.905. The van der Waals surface area contributed by atoms with Gasteiger partial charge in [0.1, 0.15) is 0 Å². The molecule has 3 nitrogen and oxygen atoms in total. The first-order valence-corrected chi connectivity index (χ1v) is 7.75. The predicted molar refractivity (Wildman–Crippen MR) is 84.3 cm³/mol. The molecular weight excluding hydrogens is 248 g/mol. The smallest absolute Gasteiger partial charge is 0.256 e. The summed E-state index contributed by atoms with van der Waals surface area (Å²) in [6.07, 6.45) is 3.29. The van der Waals surface area contributed by atoms with Crippen molar-refractivity contribution < 1.29 is 4.79 Å². The Balaban J connectivity index is 2.34. The van der Waals surface area contributed by atoms with Crippen molar-refractivity contribution in [1.29, 1.82) is 0 Å². The van der Waals surface area contributed by atoms with Gasteiger partial charge in [0.25, 0.3) is 5.91 Å². The Hall–Kier alpha value is -1.51. The van der Waals surface area contributed by atoms with Crippen molar-refractivity contribution in [1.82, 2.24) is 4.90 Å². The molecule has 2 atom stereocenters. The minimum absolute atomic E-state index is 0.182. The molecule has 1 N–H and O–H groups in total. The summed E-state index contributed by atoms with van der Waals surface area (Å²) in [6.45, 7) is 9.26. The predicted octanol–water partition coefficient (Wildman–Crippen LogP) is 3.83. The molecule has 1 aromatic rings. The zero-order chi connectivity index (χ0) is 14.7. The molecule has 3 heteroatoms. The average molecular weight is 274 g/mol. The Morgan fingerprint density at radius 3 is 2.75 bits per heavy atom. The molecule has 2 unspecified atom stereocenters. The lowest BCUT2D eigenvalue weighted by atomic mass is 10.1. The van der Waals surface area contributed by atoms with E-state index >= 15 is 0 Å². The lowest BCUT2D eigenvalue weighted by Crippen LogP contribution is -2.40. The monoisotopic (exact) mass is 274 g/mol. The Morgan fingerprint density at radius 1 is 1.35 bits per heavy atom. The molecule has 0 aliphatic carbocycles. The number of amides is 1. The van der Waals surface area contributed by atoms with E-state index in [4.69, 9.17) is 0 Å². The van der Waals surface area contributed by atoms with Gasteiger partial charge in [-0.05, 0) is 52.2 Å². The van der Waals surface area contributed by atoms with Gasteiger partial charge in [0, 0.05) is 24.3 Å². The first-order valence-electron chi connectivity index (χ1n) is 7.75. The molecule has 1 saturated heterocycles. The summed E-state index contributed by atoms with van der Waals surface area (Å²) < 4.78 is 0. The number of nitrogens with one attached hydrogen (secondary N) is 1. The number of hydrogen-bond acceptors (Lipinski definition) is 2. The van der Waals surface area contributed by atoms with Crippen molar-refractivity contribution in [3.05, 3.63) is 29.3 Å². The van der Waals surface area contributed by atoms with Crippen LogP contribution >= 0.6 is 0 Å². The van der Waals surface area contributed by atoms with Crippen LogP contribution in [0.2, 0.25) is 0 Å². The molecule has 1 aliphatic heterocycles. The molecule has 0 aromatic heterocycles. The maximum absolute atomic E-state index is 13.0. The first kappa shape index (κ1) is 14.9. The molecule has 110 valence electrons. The first-order chi connectivity index (χ1) is 9.58. The van der Waals surface area contributed by atoms with Crippen molar-refractivity contribution in [3.63, 3.8) is 0 Å². The lowest BCUT2D eigenvalue weighted by Gasteiger charge is -2.29. The largest absolute Gasteiger partial charge is 0.385 e. The molecule has 2 rings (SSSR count). The minimum atomic E-state index is 0.182. The number of anilines is 1. The third-order valence-electron chi connectivity index (χ3n) is 4.26. The van der Waals surface area contributed by atoms with Crippen LogP contribution in [0.4, 0.5) is 5.69 Å². The van der Waals surface area contributed by atoms with Crippen LogP contribution < -0.4 is 5.32 Å². The van der Waals surface area contributed by atoms with Crippen LogP contribution in [0.25, 0.3) is 0 Å². The Kier molecular flexibility index (Phi) is 4.69. The third kappa shape index (κ3) is 2.82. The average Bonchev–Trinajstić information content (AvgIpc) is 2.81. The van der Waals surface area contributed by atoms with Crippen LogP contribution in [0.1, 0.15) is 56.0 Å². The summed E-state index contributed by atoms with van der Waals surface area (Å²) in [4.78, 5) is 15.1. The highest BCUT2D eigenvalue weighted by atomic mass is 16.2. The zero-order valence-corrected chi connectivity index (χ0v) is 13.1. The SMILES string of the molecule is CCNc1ccc(C)cc1C(=O)N1C(C)CCC1CC. The number of aryl methyl sites for hydroxylation is 1. The maximum atomic E-state index is 13.0. The standard InChI is InChI=1S/C17H26N2O/c1-5-14-9-8-13(4)19(14)17(20)15-11-12(3)7-10-16(15)18-6-2/h7,10-11,13-14,18H,5-6,8-9H2,1-4H3. The summed E-state index contributed by atoms with van der Waals surface area (Å²) in [5.41, 5.74) is 2.91. The van der Waals surface area contributed by atoms with Crippen LogP contribution in [-0.2, 0) is 0 Å². The van der Waals surface area contributed by atoms with Gasteiger partial charge in [0.15, 0.2) is 0 Å². The summed E-state index contributed by atoms with van der Waals surface area (Å²) in [7, 11) is 0. The zero-order valence-electron chi connectivity index (χ0n) is 13.1. The normalized spacial score (nSPS) is 22.1. The van der Waals surface area contributed by atoms with Gasteiger partial charge in [-0.3, -0.25) is 4.79 Å². The number of likely N-dealkylation sites (tertiary alicyclic amines) is 1. The molecule has 20 heavy (non-hydrogen) atoms. The fraction of sp³-hybridized carbons (Fsp3) is 0.588. The van der Waals surface area contributed by atoms with Crippen LogP contribution in [0.15, 0.2) is 18.2 Å². The number of nitrogens with zero attached hydrogens (tertiary/aromatic N) is 1. The topological polar surface area (TPSA) is 32.3 Å². The van der Waals surface area contributed by atoms with E-state index in [-0.39, 0.29) is 5.91 Å². The van der Waals surface area contributed by atoms with E-state index in [2.05, 4.69) is 37.1 Å². The molecule has 0 saturated carbocycles. The fourth-order valence-electron chi connectivity index (χ4n) is 3.16. The molecule has 0 bridgehead atoms. The van der Waals surface area contributed by atoms with Gasteiger partial charge in [-0.25, -0.2) is 0 Å². The van der Waals surface area contributed by atoms with E-state index in [0.717, 1.165) is 42.6 Å². The van der Waals surface area contributed by atoms with Gasteiger partial charge < -0.3 is 10.2 Å². The second kappa shape index (κ2) is 6.29. The van der Waals surface area contributed by atoms with Crippen molar-refractivity contribution in [2.24, 2.45) is 0 Å². The summed E-state index contributed by atoms with van der Waals surface area (Å²) >= 11 is 0. The molecule has 1 aromatic carbocycles. The van der Waals surface area contributed by atoms with Gasteiger partial charge in [-0.2, -0.15) is 0 Å². The van der Waals surface area contributed by atoms with E-state index in [1.165, 1.54) is 0 Å². The van der Waals surface area contributed by atoms with Crippen LogP contribution in [-0.4, -0.2) is 29.4 Å². The van der Waals surface area contributed by atoms with Crippen LogP contribution in [0, 0.1) is 6.92 Å². The van der Waals surface area contributed by atoms with E-state index < -0.39 is 0 Å². The second-order valence-corrected chi connectivity index (χ2v) is 5.78. The molecule has 1 aliphatic rings. The lowest BCUT2D eigenvalue weighted by molar-refractivity contribution is 0.0677. The molecule has 1 heterocycles. The van der Waals surface area contributed by atoms with Gasteiger partial charge in [0.2, 0.25) is 0 Å². The third-order valence-corrected chi connectivity index (χ3v) is 4.26. The highest BCUT2D eigenvalue weighted by Gasteiger charge is 2.34. The van der Waals surface area contributed by atoms with Crippen molar-refractivity contribution in [3.8, 4) is 0 Å². The molecule has 0 spiro atoms. The Labute approximate surface area is 122 Å².